The van der Waals surface area contributed by atoms with Gasteiger partial charge in [0.1, 0.15) is 0 Å². The van der Waals surface area contributed by atoms with Crippen LogP contribution in [0.15, 0.2) is 18.6 Å². The average Bonchev–Trinajstić information content (AvgIpc) is 3.50. The molecule has 0 radical (unpaired) electrons. The first-order chi connectivity index (χ1) is 18.7. The standard InChI is InChI=1S/C26H29Cl2F3N4O5/c1-24(23(38)39)7-4-15(5-8-24)35-21(26(29,30)31)16(10-33-35)22(37)34(14-25(2)6-3-9-40-25)13-19(36)20-17(27)11-32-12-18(20)28/h10-12,15H,3-9,13-14H2,1-2H3,(H,38,39)/t15?,24?,25-/m0/s1. The average molecular weight is 605 g/mol. The molecule has 0 spiro atoms. The molecule has 2 fully saturated rings. The van der Waals surface area contributed by atoms with Crippen molar-refractivity contribution < 1.29 is 37.4 Å². The molecule has 218 valence electrons. The molecule has 0 aromatic carbocycles. The molecule has 9 nitrogen and oxygen atoms in total. The molecule has 1 saturated carbocycles. The lowest BCUT2D eigenvalue weighted by molar-refractivity contribution is -0.152. The molecule has 2 aromatic rings. The number of ketones is 1. The molecule has 1 N–H and O–H groups in total. The smallest absolute Gasteiger partial charge is 0.433 e. The summed E-state index contributed by atoms with van der Waals surface area (Å²) in [6, 6.07) is -0.745. The van der Waals surface area contributed by atoms with Gasteiger partial charge in [0.2, 0.25) is 0 Å². The highest BCUT2D eigenvalue weighted by molar-refractivity contribution is 6.39. The third-order valence-corrected chi connectivity index (χ3v) is 8.37. The third-order valence-electron chi connectivity index (χ3n) is 7.79. The number of carboxylic acids is 1. The van der Waals surface area contributed by atoms with E-state index in [4.69, 9.17) is 27.9 Å². The summed E-state index contributed by atoms with van der Waals surface area (Å²) in [6.07, 6.45) is 0.179. The number of carbonyl (C=O) groups is 3. The van der Waals surface area contributed by atoms with Crippen molar-refractivity contribution in [3.8, 4) is 0 Å². The topological polar surface area (TPSA) is 115 Å². The molecule has 2 aliphatic rings. The number of rotatable bonds is 8. The molecule has 1 atom stereocenters. The predicted octanol–water partition coefficient (Wildman–Crippen LogP) is 5.70. The van der Waals surface area contributed by atoms with Crippen LogP contribution in [0, 0.1) is 5.41 Å². The number of ether oxygens (including phenoxy) is 1. The van der Waals surface area contributed by atoms with Crippen LogP contribution >= 0.6 is 23.2 Å². The molecular weight excluding hydrogens is 576 g/mol. The lowest BCUT2D eigenvalue weighted by Gasteiger charge is -2.35. The number of aliphatic carboxylic acids is 1. The van der Waals surface area contributed by atoms with E-state index in [-0.39, 0.29) is 47.8 Å². The van der Waals surface area contributed by atoms with Gasteiger partial charge in [0.25, 0.3) is 5.91 Å². The van der Waals surface area contributed by atoms with Crippen LogP contribution in [0.4, 0.5) is 13.2 Å². The Labute approximate surface area is 238 Å². The minimum atomic E-state index is -4.95. The predicted molar refractivity (Wildman–Crippen MR) is 139 cm³/mol. The lowest BCUT2D eigenvalue weighted by Crippen LogP contribution is -2.46. The van der Waals surface area contributed by atoms with Gasteiger partial charge in [0.05, 0.1) is 57.5 Å². The van der Waals surface area contributed by atoms with Crippen LogP contribution in [0.25, 0.3) is 0 Å². The first-order valence-electron chi connectivity index (χ1n) is 12.8. The molecule has 0 unspecified atom stereocenters. The number of Topliss-reactive ketones (excluding diaryl/α,β-unsaturated/α-hetero) is 1. The van der Waals surface area contributed by atoms with E-state index in [1.165, 1.54) is 12.4 Å². The number of hydrogen-bond donors (Lipinski definition) is 1. The number of carboxylic acid groups (broad SMARTS) is 1. The van der Waals surface area contributed by atoms with Crippen LogP contribution in [0.2, 0.25) is 10.0 Å². The minimum Gasteiger partial charge on any atom is -0.481 e. The fourth-order valence-corrected chi connectivity index (χ4v) is 6.02. The first-order valence-corrected chi connectivity index (χ1v) is 13.5. The van der Waals surface area contributed by atoms with Gasteiger partial charge in [-0.05, 0) is 52.4 Å². The summed E-state index contributed by atoms with van der Waals surface area (Å²) in [5.74, 6) is -2.72. The Morgan fingerprint density at radius 1 is 1.12 bits per heavy atom. The monoisotopic (exact) mass is 604 g/mol. The maximum absolute atomic E-state index is 14.5. The van der Waals surface area contributed by atoms with Gasteiger partial charge in [-0.1, -0.05) is 23.2 Å². The molecule has 1 aliphatic carbocycles. The molecule has 4 rings (SSSR count). The first kappa shape index (κ1) is 30.3. The third kappa shape index (κ3) is 6.13. The second-order valence-electron chi connectivity index (χ2n) is 10.9. The van der Waals surface area contributed by atoms with Crippen LogP contribution < -0.4 is 0 Å². The van der Waals surface area contributed by atoms with E-state index in [0.29, 0.717) is 19.4 Å². The zero-order chi connectivity index (χ0) is 29.5. The SMILES string of the molecule is CC1(C(=O)O)CCC(n2ncc(C(=O)N(CC(=O)c3c(Cl)cncc3Cl)C[C@]3(C)CCCO3)c2C(F)(F)F)CC1. The number of amides is 1. The Morgan fingerprint density at radius 2 is 1.75 bits per heavy atom. The highest BCUT2D eigenvalue weighted by Gasteiger charge is 2.46. The summed E-state index contributed by atoms with van der Waals surface area (Å²) in [7, 11) is 0. The number of carbonyl (C=O) groups excluding carboxylic acids is 2. The van der Waals surface area contributed by atoms with Gasteiger partial charge in [0.15, 0.2) is 11.5 Å². The number of hydrogen-bond acceptors (Lipinski definition) is 6. The van der Waals surface area contributed by atoms with E-state index in [1.807, 2.05) is 0 Å². The maximum Gasteiger partial charge on any atom is 0.433 e. The number of nitrogens with zero attached hydrogens (tertiary/aromatic N) is 4. The Balaban J connectivity index is 1.69. The van der Waals surface area contributed by atoms with Crippen molar-refractivity contribution in [1.82, 2.24) is 19.7 Å². The van der Waals surface area contributed by atoms with E-state index in [2.05, 4.69) is 10.1 Å². The molecule has 2 aromatic heterocycles. The van der Waals surface area contributed by atoms with Crippen molar-refractivity contribution >= 4 is 40.9 Å². The molecular formula is C26H29Cl2F3N4O5. The van der Waals surface area contributed by atoms with Gasteiger partial charge in [-0.3, -0.25) is 24.0 Å². The molecule has 1 saturated heterocycles. The molecule has 3 heterocycles. The largest absolute Gasteiger partial charge is 0.481 e. The lowest BCUT2D eigenvalue weighted by atomic mass is 9.74. The highest BCUT2D eigenvalue weighted by atomic mass is 35.5. The van der Waals surface area contributed by atoms with Gasteiger partial charge in [-0.2, -0.15) is 18.3 Å². The minimum absolute atomic E-state index is 0.0531. The Bertz CT molecular complexity index is 1280. The normalized spacial score (nSPS) is 25.1. The van der Waals surface area contributed by atoms with Gasteiger partial charge in [-0.25, -0.2) is 0 Å². The molecule has 1 aliphatic heterocycles. The number of alkyl halides is 3. The zero-order valence-electron chi connectivity index (χ0n) is 21.9. The molecule has 40 heavy (non-hydrogen) atoms. The van der Waals surface area contributed by atoms with Crippen molar-refractivity contribution in [3.05, 3.63) is 45.5 Å². The van der Waals surface area contributed by atoms with Crippen LogP contribution in [0.1, 0.15) is 84.8 Å². The summed E-state index contributed by atoms with van der Waals surface area (Å²) in [6.45, 7) is 2.95. The van der Waals surface area contributed by atoms with Gasteiger partial charge in [-0.15, -0.1) is 0 Å². The molecule has 1 amide bonds. The van der Waals surface area contributed by atoms with Crippen molar-refractivity contribution in [3.63, 3.8) is 0 Å². The van der Waals surface area contributed by atoms with Gasteiger partial charge < -0.3 is 14.7 Å². The molecule has 0 bridgehead atoms. The van der Waals surface area contributed by atoms with E-state index in [0.717, 1.165) is 15.8 Å². The Morgan fingerprint density at radius 3 is 2.27 bits per heavy atom. The van der Waals surface area contributed by atoms with Crippen molar-refractivity contribution in [2.75, 3.05) is 19.7 Å². The maximum atomic E-state index is 14.5. The number of pyridine rings is 1. The fraction of sp³-hybridized carbons (Fsp3) is 0.577. The number of aromatic nitrogens is 3. The summed E-state index contributed by atoms with van der Waals surface area (Å²) >= 11 is 12.2. The summed E-state index contributed by atoms with van der Waals surface area (Å²) in [5, 5.41) is 13.3. The van der Waals surface area contributed by atoms with Crippen LogP contribution in [0.3, 0.4) is 0 Å². The van der Waals surface area contributed by atoms with Gasteiger partial charge in [0, 0.05) is 19.0 Å². The number of halogens is 5. The quantitative estimate of drug-likeness (QED) is 0.384. The summed E-state index contributed by atoms with van der Waals surface area (Å²) in [4.78, 5) is 43.4. The van der Waals surface area contributed by atoms with Crippen LogP contribution in [-0.4, -0.2) is 67.7 Å². The highest BCUT2D eigenvalue weighted by Crippen LogP contribution is 2.43. The van der Waals surface area contributed by atoms with E-state index in [9.17, 15) is 32.7 Å². The van der Waals surface area contributed by atoms with E-state index >= 15 is 0 Å². The van der Waals surface area contributed by atoms with Crippen molar-refractivity contribution in [1.29, 1.82) is 0 Å². The van der Waals surface area contributed by atoms with E-state index < -0.39 is 58.7 Å². The summed E-state index contributed by atoms with van der Waals surface area (Å²) in [5.41, 5.74) is -3.95. The van der Waals surface area contributed by atoms with Crippen molar-refractivity contribution in [2.45, 2.75) is 70.2 Å². The summed E-state index contributed by atoms with van der Waals surface area (Å²) < 4.78 is 49.9. The Hall–Kier alpha value is -2.70. The fourth-order valence-electron chi connectivity index (χ4n) is 5.44. The zero-order valence-corrected chi connectivity index (χ0v) is 23.4. The van der Waals surface area contributed by atoms with Gasteiger partial charge >= 0.3 is 12.1 Å². The second kappa shape index (κ2) is 11.3. The van der Waals surface area contributed by atoms with E-state index in [1.54, 1.807) is 13.8 Å². The van der Waals surface area contributed by atoms with Crippen molar-refractivity contribution in [2.24, 2.45) is 5.41 Å². The second-order valence-corrected chi connectivity index (χ2v) is 11.7. The molecule has 14 heteroatoms. The van der Waals surface area contributed by atoms with Crippen LogP contribution in [0.5, 0.6) is 0 Å². The van der Waals surface area contributed by atoms with Crippen LogP contribution in [-0.2, 0) is 15.7 Å². The Kier molecular flexibility index (Phi) is 8.54.